The molecule has 5 nitrogen and oxygen atoms in total. The summed E-state index contributed by atoms with van der Waals surface area (Å²) >= 11 is 0. The summed E-state index contributed by atoms with van der Waals surface area (Å²) in [5, 5.41) is 11.8. The monoisotopic (exact) mass is 254 g/mol. The third kappa shape index (κ3) is 2.70. The van der Waals surface area contributed by atoms with Crippen LogP contribution in [0.4, 0.5) is 15.8 Å². The minimum absolute atomic E-state index is 0.0743. The minimum atomic E-state index is -1.17. The average Bonchev–Trinajstić information content (AvgIpc) is 2.80. The Bertz CT molecular complexity index is 459. The van der Waals surface area contributed by atoms with E-state index in [0.717, 1.165) is 19.1 Å². The lowest BCUT2D eigenvalue weighted by molar-refractivity contribution is 0.0698. The van der Waals surface area contributed by atoms with Crippen LogP contribution in [0.1, 0.15) is 16.8 Å². The molecular formula is C12H15FN2O3. The molecule has 18 heavy (non-hydrogen) atoms. The Labute approximate surface area is 104 Å². The van der Waals surface area contributed by atoms with Crippen LogP contribution in [-0.2, 0) is 4.74 Å². The largest absolute Gasteiger partial charge is 0.478 e. The summed E-state index contributed by atoms with van der Waals surface area (Å²) in [6, 6.07) is 2.25. The Hall–Kier alpha value is -1.82. The highest BCUT2D eigenvalue weighted by Gasteiger charge is 2.17. The summed E-state index contributed by atoms with van der Waals surface area (Å²) in [7, 11) is 0. The Morgan fingerprint density at radius 1 is 1.61 bits per heavy atom. The fourth-order valence-electron chi connectivity index (χ4n) is 1.91. The van der Waals surface area contributed by atoms with Gasteiger partial charge in [0.05, 0.1) is 17.9 Å². The number of hydrogen-bond donors (Lipinski definition) is 3. The van der Waals surface area contributed by atoms with Crippen LogP contribution in [0, 0.1) is 11.7 Å². The molecule has 1 saturated heterocycles. The van der Waals surface area contributed by atoms with Gasteiger partial charge in [-0.3, -0.25) is 0 Å². The molecule has 1 heterocycles. The molecule has 0 radical (unpaired) electrons. The van der Waals surface area contributed by atoms with Crippen molar-refractivity contribution < 1.29 is 19.0 Å². The zero-order chi connectivity index (χ0) is 13.1. The molecule has 2 rings (SSSR count). The molecule has 1 aliphatic heterocycles. The Morgan fingerprint density at radius 3 is 3.00 bits per heavy atom. The summed E-state index contributed by atoms with van der Waals surface area (Å²) in [6.45, 7) is 1.92. The van der Waals surface area contributed by atoms with Gasteiger partial charge in [0.25, 0.3) is 0 Å². The predicted octanol–water partition coefficient (Wildman–Crippen LogP) is 1.55. The van der Waals surface area contributed by atoms with Crippen molar-refractivity contribution in [2.45, 2.75) is 6.42 Å². The van der Waals surface area contributed by atoms with Gasteiger partial charge in [0, 0.05) is 24.8 Å². The van der Waals surface area contributed by atoms with Crippen molar-refractivity contribution in [3.8, 4) is 0 Å². The molecule has 6 heteroatoms. The number of nitrogens with two attached hydrogens (primary N) is 1. The number of carbonyl (C=O) groups is 1. The number of anilines is 2. The quantitative estimate of drug-likeness (QED) is 0.710. The zero-order valence-corrected chi connectivity index (χ0v) is 9.78. The summed E-state index contributed by atoms with van der Waals surface area (Å²) < 4.78 is 18.8. The molecule has 0 aliphatic carbocycles. The number of carboxylic acids is 1. The zero-order valence-electron chi connectivity index (χ0n) is 9.78. The number of halogens is 1. The number of ether oxygens (including phenoxy) is 1. The van der Waals surface area contributed by atoms with Gasteiger partial charge in [-0.05, 0) is 18.6 Å². The van der Waals surface area contributed by atoms with Crippen LogP contribution in [0.15, 0.2) is 12.1 Å². The summed E-state index contributed by atoms with van der Waals surface area (Å²) in [4.78, 5) is 10.9. The topological polar surface area (TPSA) is 84.6 Å². The second-order valence-corrected chi connectivity index (χ2v) is 4.33. The van der Waals surface area contributed by atoms with Crippen molar-refractivity contribution in [1.29, 1.82) is 0 Å². The van der Waals surface area contributed by atoms with E-state index in [0.29, 0.717) is 19.1 Å². The van der Waals surface area contributed by atoms with Gasteiger partial charge >= 0.3 is 5.97 Å². The molecule has 4 N–H and O–H groups in total. The minimum Gasteiger partial charge on any atom is -0.478 e. The summed E-state index contributed by atoms with van der Waals surface area (Å²) in [5.74, 6) is -1.38. The number of rotatable bonds is 4. The highest BCUT2D eigenvalue weighted by molar-refractivity contribution is 5.94. The maximum absolute atomic E-state index is 13.6. The van der Waals surface area contributed by atoms with E-state index in [1.54, 1.807) is 0 Å². The Morgan fingerprint density at radius 2 is 2.39 bits per heavy atom. The Kier molecular flexibility index (Phi) is 3.66. The standard InChI is InChI=1S/C12H15FN2O3/c13-9-4-10(14)8(12(16)17)3-11(9)15-5-7-1-2-18-6-7/h3-4,7,15H,1-2,5-6,14H2,(H,16,17). The fraction of sp³-hybridized carbons (Fsp3) is 0.417. The van der Waals surface area contributed by atoms with Crippen LogP contribution >= 0.6 is 0 Å². The molecule has 1 fully saturated rings. The SMILES string of the molecule is Nc1cc(F)c(NCC2CCOC2)cc1C(=O)O. The maximum atomic E-state index is 13.6. The van der Waals surface area contributed by atoms with Crippen LogP contribution in [0.5, 0.6) is 0 Å². The molecule has 1 aromatic carbocycles. The Balaban J connectivity index is 2.11. The van der Waals surface area contributed by atoms with Crippen molar-refractivity contribution in [3.63, 3.8) is 0 Å². The molecule has 1 aliphatic rings. The summed E-state index contributed by atoms with van der Waals surface area (Å²) in [5.41, 5.74) is 5.43. The van der Waals surface area contributed by atoms with E-state index in [9.17, 15) is 9.18 Å². The molecule has 0 aromatic heterocycles. The van der Waals surface area contributed by atoms with E-state index < -0.39 is 11.8 Å². The number of hydrogen-bond acceptors (Lipinski definition) is 4. The highest BCUT2D eigenvalue weighted by Crippen LogP contribution is 2.23. The van der Waals surface area contributed by atoms with Crippen molar-refractivity contribution in [2.75, 3.05) is 30.8 Å². The number of benzene rings is 1. The van der Waals surface area contributed by atoms with Gasteiger partial charge in [0.15, 0.2) is 0 Å². The molecule has 0 bridgehead atoms. The van der Waals surface area contributed by atoms with E-state index >= 15 is 0 Å². The fourth-order valence-corrected chi connectivity index (χ4v) is 1.91. The number of nitrogens with one attached hydrogen (secondary N) is 1. The molecule has 0 saturated carbocycles. The van der Waals surface area contributed by atoms with Crippen LogP contribution in [0.3, 0.4) is 0 Å². The van der Waals surface area contributed by atoms with E-state index in [2.05, 4.69) is 5.32 Å². The smallest absolute Gasteiger partial charge is 0.337 e. The third-order valence-electron chi connectivity index (χ3n) is 2.97. The van der Waals surface area contributed by atoms with Crippen molar-refractivity contribution in [3.05, 3.63) is 23.5 Å². The van der Waals surface area contributed by atoms with Gasteiger partial charge in [-0.15, -0.1) is 0 Å². The van der Waals surface area contributed by atoms with Gasteiger partial charge in [-0.1, -0.05) is 0 Å². The lowest BCUT2D eigenvalue weighted by atomic mass is 10.1. The second kappa shape index (κ2) is 5.22. The van der Waals surface area contributed by atoms with Gasteiger partial charge in [-0.25, -0.2) is 9.18 Å². The van der Waals surface area contributed by atoms with E-state index in [4.69, 9.17) is 15.6 Å². The third-order valence-corrected chi connectivity index (χ3v) is 2.97. The molecular weight excluding hydrogens is 239 g/mol. The first-order chi connectivity index (χ1) is 8.58. The summed E-state index contributed by atoms with van der Waals surface area (Å²) in [6.07, 6.45) is 0.926. The number of aromatic carboxylic acids is 1. The molecule has 0 amide bonds. The second-order valence-electron chi connectivity index (χ2n) is 4.33. The van der Waals surface area contributed by atoms with Crippen molar-refractivity contribution in [2.24, 2.45) is 5.92 Å². The van der Waals surface area contributed by atoms with Crippen LogP contribution in [0.25, 0.3) is 0 Å². The van der Waals surface area contributed by atoms with Crippen LogP contribution < -0.4 is 11.1 Å². The molecule has 0 spiro atoms. The van der Waals surface area contributed by atoms with Gasteiger partial charge < -0.3 is 20.9 Å². The average molecular weight is 254 g/mol. The molecule has 1 unspecified atom stereocenters. The lowest BCUT2D eigenvalue weighted by Gasteiger charge is -2.13. The molecule has 1 atom stereocenters. The first kappa shape index (κ1) is 12.6. The molecule has 98 valence electrons. The van der Waals surface area contributed by atoms with Gasteiger partial charge in [0.1, 0.15) is 5.82 Å². The van der Waals surface area contributed by atoms with Crippen molar-refractivity contribution in [1.82, 2.24) is 0 Å². The van der Waals surface area contributed by atoms with E-state index in [1.807, 2.05) is 0 Å². The molecule has 1 aromatic rings. The lowest BCUT2D eigenvalue weighted by Crippen LogP contribution is -2.15. The van der Waals surface area contributed by atoms with Crippen LogP contribution in [0.2, 0.25) is 0 Å². The van der Waals surface area contributed by atoms with Gasteiger partial charge in [-0.2, -0.15) is 0 Å². The number of carboxylic acid groups (broad SMARTS) is 1. The predicted molar refractivity (Wildman–Crippen MR) is 65.2 cm³/mol. The normalized spacial score (nSPS) is 18.8. The number of nitrogen functional groups attached to an aromatic ring is 1. The van der Waals surface area contributed by atoms with E-state index in [1.165, 1.54) is 6.07 Å². The van der Waals surface area contributed by atoms with Gasteiger partial charge in [0.2, 0.25) is 0 Å². The maximum Gasteiger partial charge on any atom is 0.337 e. The first-order valence-corrected chi connectivity index (χ1v) is 5.72. The van der Waals surface area contributed by atoms with E-state index in [-0.39, 0.29) is 16.9 Å². The first-order valence-electron chi connectivity index (χ1n) is 5.72. The highest BCUT2D eigenvalue weighted by atomic mass is 19.1. The van der Waals surface area contributed by atoms with Crippen molar-refractivity contribution >= 4 is 17.3 Å². The van der Waals surface area contributed by atoms with Crippen LogP contribution in [-0.4, -0.2) is 30.8 Å².